The van der Waals surface area contributed by atoms with E-state index in [1.807, 2.05) is 6.92 Å². The molecule has 4 heteroatoms. The number of phenolic OH excluding ortho intramolecular Hbond substituents is 1. The molecule has 94 valence electrons. The first-order chi connectivity index (χ1) is 8.56. The van der Waals surface area contributed by atoms with Gasteiger partial charge in [-0.3, -0.25) is 0 Å². The largest absolute Gasteiger partial charge is 0.508 e. The van der Waals surface area contributed by atoms with E-state index >= 15 is 0 Å². The first kappa shape index (κ1) is 12.7. The summed E-state index contributed by atoms with van der Waals surface area (Å²) in [7, 11) is 0. The fourth-order valence-electron chi connectivity index (χ4n) is 1.69. The van der Waals surface area contributed by atoms with Crippen LogP contribution in [0.15, 0.2) is 42.5 Å². The maximum absolute atomic E-state index is 13.5. The third-order valence-corrected chi connectivity index (χ3v) is 2.93. The van der Waals surface area contributed by atoms with Gasteiger partial charge in [0.15, 0.2) is 0 Å². The zero-order valence-corrected chi connectivity index (χ0v) is 10.6. The highest BCUT2D eigenvalue weighted by Gasteiger charge is 2.09. The quantitative estimate of drug-likeness (QED) is 0.864. The van der Waals surface area contributed by atoms with E-state index in [0.717, 1.165) is 5.56 Å². The highest BCUT2D eigenvalue weighted by molar-refractivity contribution is 6.30. The Kier molecular flexibility index (Phi) is 3.72. The van der Waals surface area contributed by atoms with Gasteiger partial charge in [-0.05, 0) is 42.8 Å². The Hall–Kier alpha value is -1.74. The fourth-order valence-corrected chi connectivity index (χ4v) is 1.86. The summed E-state index contributed by atoms with van der Waals surface area (Å²) in [5.41, 5.74) is 1.32. The van der Waals surface area contributed by atoms with Crippen molar-refractivity contribution in [3.8, 4) is 5.75 Å². The van der Waals surface area contributed by atoms with Gasteiger partial charge in [0.2, 0.25) is 0 Å². The second kappa shape index (κ2) is 5.27. The molecule has 0 aliphatic carbocycles. The Morgan fingerprint density at radius 2 is 1.83 bits per heavy atom. The number of halogens is 2. The van der Waals surface area contributed by atoms with Crippen LogP contribution >= 0.6 is 11.6 Å². The van der Waals surface area contributed by atoms with Gasteiger partial charge < -0.3 is 10.4 Å². The monoisotopic (exact) mass is 265 g/mol. The Balaban J connectivity index is 2.18. The van der Waals surface area contributed by atoms with Crippen molar-refractivity contribution in [3.05, 3.63) is 58.9 Å². The number of benzene rings is 2. The van der Waals surface area contributed by atoms with Crippen LogP contribution in [0.3, 0.4) is 0 Å². The smallest absolute Gasteiger partial charge is 0.146 e. The molecule has 1 unspecified atom stereocenters. The highest BCUT2D eigenvalue weighted by Crippen LogP contribution is 2.25. The molecule has 0 amide bonds. The van der Waals surface area contributed by atoms with Crippen LogP contribution in [0.1, 0.15) is 18.5 Å². The molecule has 0 bridgehead atoms. The number of rotatable bonds is 3. The van der Waals surface area contributed by atoms with Gasteiger partial charge in [-0.1, -0.05) is 23.7 Å². The Labute approximate surface area is 110 Å². The van der Waals surface area contributed by atoms with Crippen molar-refractivity contribution in [2.24, 2.45) is 0 Å². The molecule has 1 atom stereocenters. The average Bonchev–Trinajstić information content (AvgIpc) is 2.34. The standard InChI is InChI=1S/C14H13ClFNO/c1-9(10-2-5-12(18)6-3-10)17-14-8-11(15)4-7-13(14)16/h2-9,17-18H,1H3. The van der Waals surface area contributed by atoms with Gasteiger partial charge >= 0.3 is 0 Å². The van der Waals surface area contributed by atoms with Crippen LogP contribution in [0, 0.1) is 5.82 Å². The lowest BCUT2D eigenvalue weighted by atomic mass is 10.1. The van der Waals surface area contributed by atoms with Crippen LogP contribution in [0.2, 0.25) is 5.02 Å². The van der Waals surface area contributed by atoms with Gasteiger partial charge in [0.1, 0.15) is 11.6 Å². The molecule has 0 fully saturated rings. The van der Waals surface area contributed by atoms with Crippen molar-refractivity contribution >= 4 is 17.3 Å². The van der Waals surface area contributed by atoms with E-state index in [-0.39, 0.29) is 17.6 Å². The average molecular weight is 266 g/mol. The maximum atomic E-state index is 13.5. The molecule has 2 aromatic rings. The van der Waals surface area contributed by atoms with E-state index in [2.05, 4.69) is 5.32 Å². The first-order valence-electron chi connectivity index (χ1n) is 5.57. The third-order valence-electron chi connectivity index (χ3n) is 2.69. The number of anilines is 1. The summed E-state index contributed by atoms with van der Waals surface area (Å²) in [5.74, 6) is -0.134. The van der Waals surface area contributed by atoms with Crippen molar-refractivity contribution in [3.63, 3.8) is 0 Å². The summed E-state index contributed by atoms with van der Waals surface area (Å²) in [4.78, 5) is 0. The zero-order chi connectivity index (χ0) is 13.1. The van der Waals surface area contributed by atoms with Crippen molar-refractivity contribution in [1.29, 1.82) is 0 Å². The SMILES string of the molecule is CC(Nc1cc(Cl)ccc1F)c1ccc(O)cc1. The number of hydrogen-bond donors (Lipinski definition) is 2. The van der Waals surface area contributed by atoms with Crippen LogP contribution in [-0.2, 0) is 0 Å². The van der Waals surface area contributed by atoms with Crippen molar-refractivity contribution in [1.82, 2.24) is 0 Å². The number of aromatic hydroxyl groups is 1. The topological polar surface area (TPSA) is 32.3 Å². The first-order valence-corrected chi connectivity index (χ1v) is 5.94. The summed E-state index contributed by atoms with van der Waals surface area (Å²) in [6, 6.07) is 11.1. The maximum Gasteiger partial charge on any atom is 0.146 e. The van der Waals surface area contributed by atoms with Crippen molar-refractivity contribution < 1.29 is 9.50 Å². The van der Waals surface area contributed by atoms with Gasteiger partial charge in [0, 0.05) is 11.1 Å². The van der Waals surface area contributed by atoms with Crippen molar-refractivity contribution in [2.45, 2.75) is 13.0 Å². The second-order valence-corrected chi connectivity index (χ2v) is 4.52. The summed E-state index contributed by atoms with van der Waals surface area (Å²) < 4.78 is 13.5. The molecule has 18 heavy (non-hydrogen) atoms. The van der Waals surface area contributed by atoms with E-state index in [1.54, 1.807) is 30.3 Å². The van der Waals surface area contributed by atoms with Gasteiger partial charge in [0.05, 0.1) is 5.69 Å². The molecule has 0 spiro atoms. The molecule has 0 saturated carbocycles. The molecule has 0 radical (unpaired) electrons. The minimum Gasteiger partial charge on any atom is -0.508 e. The Morgan fingerprint density at radius 1 is 1.17 bits per heavy atom. The molecular weight excluding hydrogens is 253 g/mol. The van der Waals surface area contributed by atoms with E-state index in [1.165, 1.54) is 12.1 Å². The summed E-state index contributed by atoms with van der Waals surface area (Å²) in [6.07, 6.45) is 0. The van der Waals surface area contributed by atoms with Gasteiger partial charge in [-0.25, -0.2) is 4.39 Å². The van der Waals surface area contributed by atoms with Gasteiger partial charge in [0.25, 0.3) is 0 Å². The highest BCUT2D eigenvalue weighted by atomic mass is 35.5. The molecule has 0 aliphatic rings. The molecule has 2 N–H and O–H groups in total. The number of hydrogen-bond acceptors (Lipinski definition) is 2. The summed E-state index contributed by atoms with van der Waals surface area (Å²) >= 11 is 5.83. The molecule has 0 aliphatic heterocycles. The van der Waals surface area contributed by atoms with E-state index in [0.29, 0.717) is 10.7 Å². The van der Waals surface area contributed by atoms with Crippen LogP contribution in [-0.4, -0.2) is 5.11 Å². The molecule has 0 aromatic heterocycles. The minimum absolute atomic E-state index is 0.0847. The Morgan fingerprint density at radius 3 is 2.50 bits per heavy atom. The van der Waals surface area contributed by atoms with E-state index < -0.39 is 0 Å². The van der Waals surface area contributed by atoms with E-state index in [4.69, 9.17) is 11.6 Å². The second-order valence-electron chi connectivity index (χ2n) is 4.08. The molecule has 2 nitrogen and oxygen atoms in total. The van der Waals surface area contributed by atoms with Gasteiger partial charge in [-0.2, -0.15) is 0 Å². The predicted molar refractivity (Wildman–Crippen MR) is 71.6 cm³/mol. The summed E-state index contributed by atoms with van der Waals surface area (Å²) in [6.45, 7) is 1.91. The lowest BCUT2D eigenvalue weighted by Gasteiger charge is -2.16. The minimum atomic E-state index is -0.343. The van der Waals surface area contributed by atoms with Crippen LogP contribution in [0.5, 0.6) is 5.75 Å². The van der Waals surface area contributed by atoms with Gasteiger partial charge in [-0.15, -0.1) is 0 Å². The van der Waals surface area contributed by atoms with Crippen LogP contribution < -0.4 is 5.32 Å². The number of phenols is 1. The molecule has 0 saturated heterocycles. The fraction of sp³-hybridized carbons (Fsp3) is 0.143. The lowest BCUT2D eigenvalue weighted by Crippen LogP contribution is -2.07. The molecule has 2 aromatic carbocycles. The summed E-state index contributed by atoms with van der Waals surface area (Å²) in [5, 5.41) is 12.7. The molecule has 0 heterocycles. The predicted octanol–water partition coefficient (Wildman–Crippen LogP) is 4.36. The molecular formula is C14H13ClFNO. The normalized spacial score (nSPS) is 12.2. The lowest BCUT2D eigenvalue weighted by molar-refractivity contribution is 0.475. The van der Waals surface area contributed by atoms with Crippen molar-refractivity contribution in [2.75, 3.05) is 5.32 Å². The van der Waals surface area contributed by atoms with Crippen LogP contribution in [0.4, 0.5) is 10.1 Å². The van der Waals surface area contributed by atoms with E-state index in [9.17, 15) is 9.50 Å². The molecule has 2 rings (SSSR count). The number of nitrogens with one attached hydrogen (secondary N) is 1. The van der Waals surface area contributed by atoms with Crippen LogP contribution in [0.25, 0.3) is 0 Å². The Bertz CT molecular complexity index is 542. The third kappa shape index (κ3) is 2.93. The zero-order valence-electron chi connectivity index (χ0n) is 9.82.